The highest BCUT2D eigenvalue weighted by atomic mass is 32.1. The molecule has 0 bridgehead atoms. The lowest BCUT2D eigenvalue weighted by Gasteiger charge is -2.26. The molecule has 12 rings (SSSR count). The largest absolute Gasteiger partial charge is 0.455 e. The number of fused-ring (bicyclic) bond motifs is 11. The second-order valence-corrected chi connectivity index (χ2v) is 17.0. The van der Waals surface area contributed by atoms with Crippen molar-refractivity contribution in [3.8, 4) is 33.4 Å². The molecule has 2 aromatic heterocycles. The van der Waals surface area contributed by atoms with E-state index in [4.69, 9.17) is 4.42 Å². The van der Waals surface area contributed by atoms with Crippen molar-refractivity contribution in [2.45, 2.75) is 19.3 Å². The van der Waals surface area contributed by atoms with Crippen LogP contribution in [0.5, 0.6) is 0 Å². The fourth-order valence-corrected chi connectivity index (χ4v) is 11.0. The van der Waals surface area contributed by atoms with Crippen LogP contribution in [0.2, 0.25) is 0 Å². The van der Waals surface area contributed by atoms with E-state index < -0.39 is 0 Å². The van der Waals surface area contributed by atoms with Crippen molar-refractivity contribution >= 4 is 81.3 Å². The minimum atomic E-state index is -0.0466. The first-order chi connectivity index (χ1) is 28.5. The van der Waals surface area contributed by atoms with E-state index in [1.54, 1.807) is 0 Å². The lowest BCUT2D eigenvalue weighted by atomic mass is 9.82. The summed E-state index contributed by atoms with van der Waals surface area (Å²) in [5, 5.41) is 7.42. The predicted molar refractivity (Wildman–Crippen MR) is 247 cm³/mol. The van der Waals surface area contributed by atoms with Gasteiger partial charge in [-0.05, 0) is 86.1 Å². The number of hydrogen-bond acceptors (Lipinski definition) is 3. The standard InChI is InChI=1S/C55H37NOS/c1-55(2)47-20-7-5-15-46(47)51-39(16-10-21-48(51)55)35-24-29-37(30-25-35)56(49-22-11-19-44-45-33-28-34-12-3-4-13-41(34)53(45)58-54(44)49)38-31-26-36(27-32-38)40-17-9-18-43-42-14-6-8-23-50(42)57-52(40)43/h3-33H,1-2H3. The van der Waals surface area contributed by atoms with Crippen LogP contribution >= 0.6 is 11.3 Å². The van der Waals surface area contributed by atoms with Crippen LogP contribution < -0.4 is 4.90 Å². The molecule has 0 spiro atoms. The van der Waals surface area contributed by atoms with Crippen molar-refractivity contribution in [2.24, 2.45) is 0 Å². The second kappa shape index (κ2) is 12.5. The fraction of sp³-hybridized carbons (Fsp3) is 0.0545. The molecule has 2 heterocycles. The van der Waals surface area contributed by atoms with Crippen LogP contribution in [0.1, 0.15) is 25.0 Å². The van der Waals surface area contributed by atoms with Gasteiger partial charge in [-0.1, -0.05) is 166 Å². The highest BCUT2D eigenvalue weighted by Crippen LogP contribution is 2.53. The third-order valence-corrected chi connectivity index (χ3v) is 13.8. The molecule has 0 N–H and O–H groups in total. The Labute approximate surface area is 340 Å². The molecule has 11 aromatic rings. The van der Waals surface area contributed by atoms with Crippen LogP contribution in [0, 0.1) is 0 Å². The SMILES string of the molecule is CC1(C)c2ccccc2-c2c(-c3ccc(N(c4ccc(-c5cccc6c5oc5ccccc56)cc4)c4cccc5c4sc4c6ccccc6ccc54)cc3)cccc21. The van der Waals surface area contributed by atoms with Gasteiger partial charge < -0.3 is 9.32 Å². The van der Waals surface area contributed by atoms with E-state index >= 15 is 0 Å². The number of nitrogens with zero attached hydrogens (tertiary/aromatic N) is 1. The van der Waals surface area contributed by atoms with Crippen LogP contribution in [0.3, 0.4) is 0 Å². The van der Waals surface area contributed by atoms with Crippen LogP contribution in [-0.4, -0.2) is 0 Å². The summed E-state index contributed by atoms with van der Waals surface area (Å²) in [6.45, 7) is 4.70. The molecule has 1 aliphatic carbocycles. The number of para-hydroxylation sites is 2. The van der Waals surface area contributed by atoms with Crippen molar-refractivity contribution < 1.29 is 4.42 Å². The number of furan rings is 1. The molecule has 0 atom stereocenters. The molecule has 9 aromatic carbocycles. The zero-order chi connectivity index (χ0) is 38.5. The Morgan fingerprint density at radius 1 is 0.431 bits per heavy atom. The van der Waals surface area contributed by atoms with E-state index in [1.165, 1.54) is 70.0 Å². The van der Waals surface area contributed by atoms with Gasteiger partial charge in [-0.2, -0.15) is 0 Å². The van der Waals surface area contributed by atoms with Gasteiger partial charge in [0.1, 0.15) is 11.2 Å². The summed E-state index contributed by atoms with van der Waals surface area (Å²) in [5.74, 6) is 0. The molecule has 58 heavy (non-hydrogen) atoms. The number of thiophene rings is 1. The van der Waals surface area contributed by atoms with Gasteiger partial charge in [0, 0.05) is 48.6 Å². The molecular weight excluding hydrogens is 723 g/mol. The lowest BCUT2D eigenvalue weighted by Crippen LogP contribution is -2.14. The van der Waals surface area contributed by atoms with E-state index in [0.717, 1.165) is 44.4 Å². The first kappa shape index (κ1) is 33.2. The second-order valence-electron chi connectivity index (χ2n) is 16.0. The highest BCUT2D eigenvalue weighted by molar-refractivity contribution is 7.27. The van der Waals surface area contributed by atoms with Gasteiger partial charge in [0.25, 0.3) is 0 Å². The number of benzene rings is 9. The zero-order valence-corrected chi connectivity index (χ0v) is 33.0. The summed E-state index contributed by atoms with van der Waals surface area (Å²) in [4.78, 5) is 2.43. The first-order valence-corrected chi connectivity index (χ1v) is 20.8. The highest BCUT2D eigenvalue weighted by Gasteiger charge is 2.36. The third-order valence-electron chi connectivity index (χ3n) is 12.5. The molecular formula is C55H37NOS. The van der Waals surface area contributed by atoms with Crippen molar-refractivity contribution in [1.82, 2.24) is 0 Å². The van der Waals surface area contributed by atoms with E-state index in [2.05, 4.69) is 195 Å². The molecule has 0 aliphatic heterocycles. The summed E-state index contributed by atoms with van der Waals surface area (Å²) < 4.78 is 9.06. The van der Waals surface area contributed by atoms with Crippen molar-refractivity contribution in [3.05, 3.63) is 199 Å². The normalized spacial score (nSPS) is 13.1. The van der Waals surface area contributed by atoms with Crippen LogP contribution in [-0.2, 0) is 5.41 Å². The van der Waals surface area contributed by atoms with E-state index in [-0.39, 0.29) is 5.41 Å². The third kappa shape index (κ3) is 4.84. The molecule has 0 radical (unpaired) electrons. The Hall–Kier alpha value is -6.94. The summed E-state index contributed by atoms with van der Waals surface area (Å²) in [6, 6.07) is 68.7. The number of anilines is 3. The molecule has 0 fully saturated rings. The molecule has 1 aliphatic rings. The summed E-state index contributed by atoms with van der Waals surface area (Å²) in [7, 11) is 0. The molecule has 0 amide bonds. The van der Waals surface area contributed by atoms with Crippen molar-refractivity contribution in [2.75, 3.05) is 4.90 Å². The van der Waals surface area contributed by atoms with E-state index in [0.29, 0.717) is 0 Å². The van der Waals surface area contributed by atoms with Gasteiger partial charge in [0.2, 0.25) is 0 Å². The fourth-order valence-electron chi connectivity index (χ4n) is 9.66. The Morgan fingerprint density at radius 3 is 1.84 bits per heavy atom. The number of hydrogen-bond donors (Lipinski definition) is 0. The predicted octanol–water partition coefficient (Wildman–Crippen LogP) is 16.2. The van der Waals surface area contributed by atoms with Gasteiger partial charge in [0.15, 0.2) is 0 Å². The maximum atomic E-state index is 6.46. The van der Waals surface area contributed by atoms with Crippen LogP contribution in [0.25, 0.3) is 86.3 Å². The monoisotopic (exact) mass is 759 g/mol. The molecule has 2 nitrogen and oxygen atoms in total. The Morgan fingerprint density at radius 2 is 1.02 bits per heavy atom. The smallest absolute Gasteiger partial charge is 0.143 e. The van der Waals surface area contributed by atoms with Gasteiger partial charge >= 0.3 is 0 Å². The molecule has 0 unspecified atom stereocenters. The van der Waals surface area contributed by atoms with Crippen LogP contribution in [0.15, 0.2) is 192 Å². The average molecular weight is 760 g/mol. The minimum absolute atomic E-state index is 0.0466. The number of rotatable bonds is 5. The summed E-state index contributed by atoms with van der Waals surface area (Å²) in [5.41, 5.74) is 15.3. The van der Waals surface area contributed by atoms with Crippen molar-refractivity contribution in [3.63, 3.8) is 0 Å². The van der Waals surface area contributed by atoms with Crippen LogP contribution in [0.4, 0.5) is 17.1 Å². The topological polar surface area (TPSA) is 16.4 Å². The summed E-state index contributed by atoms with van der Waals surface area (Å²) >= 11 is 1.89. The van der Waals surface area contributed by atoms with Gasteiger partial charge in [-0.15, -0.1) is 11.3 Å². The van der Waals surface area contributed by atoms with Crippen molar-refractivity contribution in [1.29, 1.82) is 0 Å². The Kier molecular flexibility index (Phi) is 7.18. The van der Waals surface area contributed by atoms with Gasteiger partial charge in [0.05, 0.1) is 10.4 Å². The molecule has 0 saturated heterocycles. The lowest BCUT2D eigenvalue weighted by molar-refractivity contribution is 0.660. The first-order valence-electron chi connectivity index (χ1n) is 20.0. The van der Waals surface area contributed by atoms with E-state index in [1.807, 2.05) is 23.5 Å². The van der Waals surface area contributed by atoms with Gasteiger partial charge in [-0.25, -0.2) is 0 Å². The Bertz CT molecular complexity index is 3420. The Balaban J connectivity index is 1.02. The quantitative estimate of drug-likeness (QED) is 0.174. The minimum Gasteiger partial charge on any atom is -0.455 e. The maximum absolute atomic E-state index is 6.46. The summed E-state index contributed by atoms with van der Waals surface area (Å²) in [6.07, 6.45) is 0. The molecule has 3 heteroatoms. The van der Waals surface area contributed by atoms with Gasteiger partial charge in [-0.3, -0.25) is 0 Å². The maximum Gasteiger partial charge on any atom is 0.143 e. The molecule has 0 saturated carbocycles. The average Bonchev–Trinajstić information content (AvgIpc) is 3.93. The zero-order valence-electron chi connectivity index (χ0n) is 32.2. The van der Waals surface area contributed by atoms with E-state index in [9.17, 15) is 0 Å². The molecule has 274 valence electrons.